The predicted octanol–water partition coefficient (Wildman–Crippen LogP) is 3.24. The largest absolute Gasteiger partial charge is 0.396 e. The molecule has 2 unspecified atom stereocenters. The van der Waals surface area contributed by atoms with Crippen molar-refractivity contribution in [2.45, 2.75) is 82.8 Å². The zero-order valence-electron chi connectivity index (χ0n) is 15.9. The molecule has 3 rings (SSSR count). The highest BCUT2D eigenvalue weighted by atomic mass is 16.3. The van der Waals surface area contributed by atoms with Crippen molar-refractivity contribution in [3.8, 4) is 0 Å². The first kappa shape index (κ1) is 20.0. The molecule has 0 radical (unpaired) electrons. The quantitative estimate of drug-likeness (QED) is 0.411. The van der Waals surface area contributed by atoms with Gasteiger partial charge in [0.15, 0.2) is 0 Å². The van der Waals surface area contributed by atoms with Crippen LogP contribution in [0, 0.1) is 29.6 Å². The minimum Gasteiger partial charge on any atom is -0.396 e. The van der Waals surface area contributed by atoms with Crippen molar-refractivity contribution >= 4 is 5.78 Å². The molecule has 0 aliphatic heterocycles. The second-order valence-electron chi connectivity index (χ2n) is 8.91. The zero-order chi connectivity index (χ0) is 18.5. The molecule has 148 valence electrons. The molecule has 3 saturated carbocycles. The molecule has 4 nitrogen and oxygen atoms in total. The van der Waals surface area contributed by atoms with E-state index >= 15 is 0 Å². The van der Waals surface area contributed by atoms with Crippen LogP contribution < -0.4 is 0 Å². The monoisotopic (exact) mass is 364 g/mol. The Morgan fingerprint density at radius 1 is 1.04 bits per heavy atom. The number of unbranched alkanes of at least 4 members (excludes halogenated alkanes) is 4. The molecule has 0 aromatic heterocycles. The maximum absolute atomic E-state index is 12.3. The molecule has 0 saturated heterocycles. The first-order valence-electron chi connectivity index (χ1n) is 10.8. The average Bonchev–Trinajstić information content (AvgIpc) is 3.04. The summed E-state index contributed by atoms with van der Waals surface area (Å²) in [5, 5.41) is 29.6. The maximum atomic E-state index is 12.3. The lowest BCUT2D eigenvalue weighted by Gasteiger charge is -2.29. The number of fused-ring (bicyclic) bond motifs is 1. The van der Waals surface area contributed by atoms with E-state index in [0.29, 0.717) is 5.92 Å². The molecule has 3 aliphatic carbocycles. The van der Waals surface area contributed by atoms with Crippen LogP contribution >= 0.6 is 0 Å². The van der Waals surface area contributed by atoms with Gasteiger partial charge in [-0.1, -0.05) is 37.8 Å². The predicted molar refractivity (Wildman–Crippen MR) is 101 cm³/mol. The van der Waals surface area contributed by atoms with Crippen molar-refractivity contribution in [2.24, 2.45) is 29.6 Å². The van der Waals surface area contributed by atoms with Crippen LogP contribution in [0.15, 0.2) is 12.2 Å². The van der Waals surface area contributed by atoms with E-state index in [-0.39, 0.29) is 30.6 Å². The summed E-state index contributed by atoms with van der Waals surface area (Å²) < 4.78 is 0. The summed E-state index contributed by atoms with van der Waals surface area (Å²) in [5.41, 5.74) is 0. The van der Waals surface area contributed by atoms with Gasteiger partial charge >= 0.3 is 0 Å². The van der Waals surface area contributed by atoms with Gasteiger partial charge in [-0.2, -0.15) is 0 Å². The van der Waals surface area contributed by atoms with Crippen molar-refractivity contribution in [1.82, 2.24) is 0 Å². The minimum atomic E-state index is -0.593. The number of aliphatic hydroxyl groups excluding tert-OH is 3. The molecule has 0 amide bonds. The van der Waals surface area contributed by atoms with Gasteiger partial charge in [0.1, 0.15) is 5.78 Å². The third-order valence-corrected chi connectivity index (χ3v) is 7.21. The minimum absolute atomic E-state index is 0.0916. The number of aliphatic hydroxyl groups is 3. The summed E-state index contributed by atoms with van der Waals surface area (Å²) in [6, 6.07) is 0. The Morgan fingerprint density at radius 2 is 1.69 bits per heavy atom. The summed E-state index contributed by atoms with van der Waals surface area (Å²) in [4.78, 5) is 12.3. The average molecular weight is 365 g/mol. The summed E-state index contributed by atoms with van der Waals surface area (Å²) in [6.45, 7) is 0.255. The molecule has 6 atom stereocenters. The lowest BCUT2D eigenvalue weighted by atomic mass is 9.77. The topological polar surface area (TPSA) is 77.8 Å². The van der Waals surface area contributed by atoms with Gasteiger partial charge in [-0.25, -0.2) is 0 Å². The Hall–Kier alpha value is -0.710. The molecule has 0 bridgehead atoms. The third kappa shape index (κ3) is 4.76. The van der Waals surface area contributed by atoms with Crippen molar-refractivity contribution in [1.29, 1.82) is 0 Å². The summed E-state index contributed by atoms with van der Waals surface area (Å²) >= 11 is 0. The maximum Gasteiger partial charge on any atom is 0.139 e. The number of rotatable bonds is 10. The van der Waals surface area contributed by atoms with Gasteiger partial charge in [0.2, 0.25) is 0 Å². The van der Waals surface area contributed by atoms with E-state index in [9.17, 15) is 15.0 Å². The molecule has 3 fully saturated rings. The normalized spacial score (nSPS) is 37.9. The van der Waals surface area contributed by atoms with E-state index in [1.165, 1.54) is 12.8 Å². The Labute approximate surface area is 157 Å². The Kier molecular flexibility index (Phi) is 7.30. The van der Waals surface area contributed by atoms with Crippen LogP contribution in [0.1, 0.15) is 70.6 Å². The van der Waals surface area contributed by atoms with E-state index in [0.717, 1.165) is 63.2 Å². The highest BCUT2D eigenvalue weighted by Crippen LogP contribution is 2.50. The number of Topliss-reactive ketones (excluding diaryl/α,β-unsaturated/α-hetero) is 1. The molecule has 0 aromatic rings. The van der Waals surface area contributed by atoms with Crippen LogP contribution in [0.3, 0.4) is 0 Å². The molecule has 4 heteroatoms. The molecule has 3 aliphatic rings. The fraction of sp³-hybridized carbons (Fsp3) is 0.864. The van der Waals surface area contributed by atoms with E-state index in [1.807, 2.05) is 12.2 Å². The van der Waals surface area contributed by atoms with Crippen LogP contribution in [-0.4, -0.2) is 39.9 Å². The Morgan fingerprint density at radius 3 is 2.35 bits per heavy atom. The zero-order valence-corrected chi connectivity index (χ0v) is 15.9. The summed E-state index contributed by atoms with van der Waals surface area (Å²) in [6.07, 6.45) is 13.9. The highest BCUT2D eigenvalue weighted by molar-refractivity contribution is 5.84. The molecule has 0 heterocycles. The second-order valence-corrected chi connectivity index (χ2v) is 8.91. The van der Waals surface area contributed by atoms with Gasteiger partial charge < -0.3 is 15.3 Å². The Bertz CT molecular complexity index is 477. The number of carbonyl (C=O) groups is 1. The van der Waals surface area contributed by atoms with Crippen LogP contribution in [0.4, 0.5) is 0 Å². The van der Waals surface area contributed by atoms with Crippen molar-refractivity contribution in [3.05, 3.63) is 12.2 Å². The lowest BCUT2D eigenvalue weighted by molar-refractivity contribution is -0.121. The van der Waals surface area contributed by atoms with Gasteiger partial charge in [-0.15, -0.1) is 0 Å². The molecule has 26 heavy (non-hydrogen) atoms. The number of ketones is 1. The summed E-state index contributed by atoms with van der Waals surface area (Å²) in [7, 11) is 0. The molecule has 0 spiro atoms. The van der Waals surface area contributed by atoms with Crippen LogP contribution in [0.5, 0.6) is 0 Å². The molecular weight excluding hydrogens is 328 g/mol. The fourth-order valence-corrected chi connectivity index (χ4v) is 5.41. The number of hydrogen-bond donors (Lipinski definition) is 3. The highest BCUT2D eigenvalue weighted by Gasteiger charge is 2.43. The molecular formula is C22H36O4. The summed E-state index contributed by atoms with van der Waals surface area (Å²) in [5.74, 6) is 1.98. The van der Waals surface area contributed by atoms with Crippen molar-refractivity contribution < 1.29 is 20.1 Å². The molecule has 3 N–H and O–H groups in total. The van der Waals surface area contributed by atoms with Gasteiger partial charge in [0.05, 0.1) is 12.2 Å². The van der Waals surface area contributed by atoms with E-state index in [4.69, 9.17) is 5.11 Å². The van der Waals surface area contributed by atoms with Crippen molar-refractivity contribution in [3.63, 3.8) is 0 Å². The van der Waals surface area contributed by atoms with Crippen LogP contribution in [0.25, 0.3) is 0 Å². The lowest BCUT2D eigenvalue weighted by Crippen LogP contribution is -2.21. The smallest absolute Gasteiger partial charge is 0.139 e. The van der Waals surface area contributed by atoms with Gasteiger partial charge in [0.25, 0.3) is 0 Å². The SMILES string of the molecule is O=C1C[C@@H](O)[C@H](/C=C/[C@H](O)C2CC3CCC3C2)[C@H]1CCCCCCCO. The standard InChI is InChI=1S/C22H36O4/c23-11-5-3-1-2-4-6-18-19(22(26)14-21(18)25)9-10-20(24)17-12-15-7-8-16(15)13-17/h9-10,15-20,22-24,26H,1-8,11-14H2/b10-9+/t15?,16?,17?,18-,19-,20+,22-/m1/s1. The third-order valence-electron chi connectivity index (χ3n) is 7.21. The van der Waals surface area contributed by atoms with Crippen LogP contribution in [-0.2, 0) is 4.79 Å². The first-order valence-corrected chi connectivity index (χ1v) is 10.8. The van der Waals surface area contributed by atoms with Gasteiger partial charge in [0, 0.05) is 24.9 Å². The second kappa shape index (κ2) is 9.48. The van der Waals surface area contributed by atoms with Gasteiger partial charge in [-0.05, 0) is 56.3 Å². The fourth-order valence-electron chi connectivity index (χ4n) is 5.41. The van der Waals surface area contributed by atoms with Gasteiger partial charge in [-0.3, -0.25) is 4.79 Å². The van der Waals surface area contributed by atoms with Crippen LogP contribution in [0.2, 0.25) is 0 Å². The van der Waals surface area contributed by atoms with E-state index in [1.54, 1.807) is 0 Å². The van der Waals surface area contributed by atoms with Crippen molar-refractivity contribution in [2.75, 3.05) is 6.61 Å². The number of carbonyl (C=O) groups excluding carboxylic acids is 1. The van der Waals surface area contributed by atoms with E-state index < -0.39 is 12.2 Å². The first-order chi connectivity index (χ1) is 12.6. The molecule has 0 aromatic carbocycles. The Balaban J connectivity index is 1.46. The van der Waals surface area contributed by atoms with E-state index in [2.05, 4.69) is 0 Å². The number of hydrogen-bond acceptors (Lipinski definition) is 4.